The van der Waals surface area contributed by atoms with E-state index in [0.29, 0.717) is 17.5 Å². The largest absolute Gasteiger partial charge is 0.380 e. The minimum absolute atomic E-state index is 0.312. The topological polar surface area (TPSA) is 27.7 Å². The van der Waals surface area contributed by atoms with Crippen LogP contribution >= 0.6 is 0 Å². The van der Waals surface area contributed by atoms with Crippen LogP contribution in [0.5, 0.6) is 0 Å². The van der Waals surface area contributed by atoms with Crippen molar-refractivity contribution >= 4 is 0 Å². The zero-order chi connectivity index (χ0) is 16.6. The van der Waals surface area contributed by atoms with Gasteiger partial charge in [-0.15, -0.1) is 0 Å². The van der Waals surface area contributed by atoms with Gasteiger partial charge in [-0.05, 0) is 32.7 Å². The van der Waals surface area contributed by atoms with Crippen LogP contribution in [0.2, 0.25) is 0 Å². The molecule has 0 aromatic heterocycles. The van der Waals surface area contributed by atoms with Crippen LogP contribution in [-0.2, 0) is 4.74 Å². The molecule has 1 fully saturated rings. The van der Waals surface area contributed by atoms with Gasteiger partial charge < -0.3 is 10.1 Å². The van der Waals surface area contributed by atoms with Crippen molar-refractivity contribution in [3.05, 3.63) is 0 Å². The average molecular weight is 314 g/mol. The van der Waals surface area contributed by atoms with Crippen molar-refractivity contribution in [1.29, 1.82) is 0 Å². The van der Waals surface area contributed by atoms with Crippen LogP contribution in [0.4, 0.5) is 0 Å². The number of ether oxygens (including phenoxy) is 1. The Kier molecular flexibility index (Phi) is 8.91. The molecule has 1 heterocycles. The third kappa shape index (κ3) is 6.95. The van der Waals surface area contributed by atoms with Crippen LogP contribution in [0.15, 0.2) is 0 Å². The van der Waals surface area contributed by atoms with E-state index in [2.05, 4.69) is 56.7 Å². The van der Waals surface area contributed by atoms with Gasteiger partial charge in [0, 0.05) is 50.9 Å². The number of piperazine rings is 1. The summed E-state index contributed by atoms with van der Waals surface area (Å²) >= 11 is 0. The minimum atomic E-state index is 0.312. The fraction of sp³-hybridized carbons (Fsp3) is 1.00. The molecule has 0 aromatic carbocycles. The number of hydrogen-bond acceptors (Lipinski definition) is 4. The summed E-state index contributed by atoms with van der Waals surface area (Å²) in [5, 5.41) is 3.42. The van der Waals surface area contributed by atoms with E-state index in [1.54, 1.807) is 0 Å². The summed E-state index contributed by atoms with van der Waals surface area (Å²) in [4.78, 5) is 5.19. The minimum Gasteiger partial charge on any atom is -0.380 e. The first kappa shape index (κ1) is 19.9. The van der Waals surface area contributed by atoms with E-state index >= 15 is 0 Å². The van der Waals surface area contributed by atoms with Crippen molar-refractivity contribution in [2.75, 3.05) is 52.5 Å². The van der Waals surface area contributed by atoms with E-state index in [0.717, 1.165) is 32.7 Å². The lowest BCUT2D eigenvalue weighted by atomic mass is 9.88. The summed E-state index contributed by atoms with van der Waals surface area (Å²) in [6.07, 6.45) is 1.11. The molecule has 1 N–H and O–H groups in total. The predicted octanol–water partition coefficient (Wildman–Crippen LogP) is 2.44. The molecule has 0 amide bonds. The van der Waals surface area contributed by atoms with Crippen LogP contribution in [0.25, 0.3) is 0 Å². The molecule has 0 spiro atoms. The lowest BCUT2D eigenvalue weighted by Gasteiger charge is -2.46. The molecule has 1 rings (SSSR count). The molecule has 1 saturated heterocycles. The molecular formula is C18H39N3O. The Bertz CT molecular complexity index is 284. The first-order valence-corrected chi connectivity index (χ1v) is 9.12. The Hall–Kier alpha value is -0.160. The SMILES string of the molecule is CC(C)NCCCOCCN1CCN(C(C)(C)C(C)C)CC1. The first-order chi connectivity index (χ1) is 10.3. The highest BCUT2D eigenvalue weighted by atomic mass is 16.5. The molecule has 0 aliphatic carbocycles. The molecule has 4 heteroatoms. The Labute approximate surface area is 138 Å². The molecule has 1 aliphatic rings. The van der Waals surface area contributed by atoms with Crippen molar-refractivity contribution in [2.24, 2.45) is 5.92 Å². The third-order valence-electron chi connectivity index (χ3n) is 5.17. The highest BCUT2D eigenvalue weighted by Crippen LogP contribution is 2.25. The maximum absolute atomic E-state index is 5.76. The average Bonchev–Trinajstić information content (AvgIpc) is 2.46. The fourth-order valence-corrected chi connectivity index (χ4v) is 2.77. The van der Waals surface area contributed by atoms with Gasteiger partial charge in [0.15, 0.2) is 0 Å². The second-order valence-electron chi connectivity index (χ2n) is 7.71. The number of nitrogens with one attached hydrogen (secondary N) is 1. The molecule has 1 aliphatic heterocycles. The van der Waals surface area contributed by atoms with Crippen molar-refractivity contribution < 1.29 is 4.74 Å². The molecule has 22 heavy (non-hydrogen) atoms. The summed E-state index contributed by atoms with van der Waals surface area (Å²) in [7, 11) is 0. The van der Waals surface area contributed by atoms with Crippen LogP contribution in [0.3, 0.4) is 0 Å². The molecule has 0 aromatic rings. The van der Waals surface area contributed by atoms with Gasteiger partial charge in [0.25, 0.3) is 0 Å². The van der Waals surface area contributed by atoms with Crippen molar-refractivity contribution in [3.8, 4) is 0 Å². The highest BCUT2D eigenvalue weighted by molar-refractivity contribution is 4.87. The summed E-state index contributed by atoms with van der Waals surface area (Å²) in [5.41, 5.74) is 0.312. The third-order valence-corrected chi connectivity index (χ3v) is 5.17. The standard InChI is InChI=1S/C18H39N3O/c1-16(2)18(5,6)21-11-9-20(10-12-21)13-15-22-14-7-8-19-17(3)4/h16-17,19H,7-15H2,1-6H3. The van der Waals surface area contributed by atoms with Crippen LogP contribution in [0.1, 0.15) is 48.0 Å². The van der Waals surface area contributed by atoms with Crippen LogP contribution in [-0.4, -0.2) is 73.9 Å². The zero-order valence-electron chi connectivity index (χ0n) is 15.8. The monoisotopic (exact) mass is 313 g/mol. The molecule has 0 radical (unpaired) electrons. The Balaban J connectivity index is 2.06. The van der Waals surface area contributed by atoms with Gasteiger partial charge in [0.05, 0.1) is 6.61 Å². The quantitative estimate of drug-likeness (QED) is 0.627. The van der Waals surface area contributed by atoms with E-state index in [1.807, 2.05) is 0 Å². The second-order valence-corrected chi connectivity index (χ2v) is 7.71. The Morgan fingerprint density at radius 3 is 2.18 bits per heavy atom. The van der Waals surface area contributed by atoms with Crippen molar-refractivity contribution in [3.63, 3.8) is 0 Å². The van der Waals surface area contributed by atoms with Gasteiger partial charge in [-0.25, -0.2) is 0 Å². The van der Waals surface area contributed by atoms with E-state index in [-0.39, 0.29) is 0 Å². The second kappa shape index (κ2) is 9.86. The predicted molar refractivity (Wildman–Crippen MR) is 95.5 cm³/mol. The van der Waals surface area contributed by atoms with Gasteiger partial charge in [0.1, 0.15) is 0 Å². The van der Waals surface area contributed by atoms with Crippen LogP contribution < -0.4 is 5.32 Å². The number of hydrogen-bond donors (Lipinski definition) is 1. The highest BCUT2D eigenvalue weighted by Gasteiger charge is 2.32. The maximum Gasteiger partial charge on any atom is 0.0593 e. The Morgan fingerprint density at radius 1 is 1.00 bits per heavy atom. The summed E-state index contributed by atoms with van der Waals surface area (Å²) in [5.74, 6) is 0.696. The van der Waals surface area contributed by atoms with E-state index in [4.69, 9.17) is 4.74 Å². The van der Waals surface area contributed by atoms with Gasteiger partial charge in [0.2, 0.25) is 0 Å². The van der Waals surface area contributed by atoms with E-state index < -0.39 is 0 Å². The molecule has 132 valence electrons. The zero-order valence-corrected chi connectivity index (χ0v) is 15.8. The van der Waals surface area contributed by atoms with Crippen LogP contribution in [0, 0.1) is 5.92 Å². The number of nitrogens with zero attached hydrogens (tertiary/aromatic N) is 2. The van der Waals surface area contributed by atoms with Gasteiger partial charge in [-0.1, -0.05) is 27.7 Å². The molecule has 0 bridgehead atoms. The smallest absolute Gasteiger partial charge is 0.0593 e. The molecular weight excluding hydrogens is 274 g/mol. The lowest BCUT2D eigenvalue weighted by molar-refractivity contribution is 0.0147. The molecule has 4 nitrogen and oxygen atoms in total. The van der Waals surface area contributed by atoms with E-state index in [9.17, 15) is 0 Å². The number of rotatable bonds is 10. The molecule has 0 unspecified atom stereocenters. The van der Waals surface area contributed by atoms with Crippen molar-refractivity contribution in [1.82, 2.24) is 15.1 Å². The summed E-state index contributed by atoms with van der Waals surface area (Å²) in [6, 6.07) is 0.575. The maximum atomic E-state index is 5.76. The lowest BCUT2D eigenvalue weighted by Crippen LogP contribution is -2.56. The van der Waals surface area contributed by atoms with Gasteiger partial charge in [-0.2, -0.15) is 0 Å². The van der Waals surface area contributed by atoms with Gasteiger partial charge >= 0.3 is 0 Å². The fourth-order valence-electron chi connectivity index (χ4n) is 2.77. The van der Waals surface area contributed by atoms with Gasteiger partial charge in [-0.3, -0.25) is 9.80 Å². The summed E-state index contributed by atoms with van der Waals surface area (Å²) < 4.78 is 5.76. The summed E-state index contributed by atoms with van der Waals surface area (Å²) in [6.45, 7) is 22.4. The molecule has 0 saturated carbocycles. The Morgan fingerprint density at radius 2 is 1.64 bits per heavy atom. The normalized spacial score (nSPS) is 18.5. The van der Waals surface area contributed by atoms with Crippen molar-refractivity contribution in [2.45, 2.75) is 59.5 Å². The van der Waals surface area contributed by atoms with E-state index in [1.165, 1.54) is 26.2 Å². The first-order valence-electron chi connectivity index (χ1n) is 9.12. The molecule has 0 atom stereocenters.